The predicted molar refractivity (Wildman–Crippen MR) is 104 cm³/mol. The van der Waals surface area contributed by atoms with Crippen molar-refractivity contribution in [1.82, 2.24) is 24.6 Å². The highest BCUT2D eigenvalue weighted by Gasteiger charge is 2.21. The first-order valence-electron chi connectivity index (χ1n) is 9.25. The Kier molecular flexibility index (Phi) is 5.17. The second kappa shape index (κ2) is 7.75. The van der Waals surface area contributed by atoms with Crippen LogP contribution in [0.25, 0.3) is 22.1 Å². The fourth-order valence-electron chi connectivity index (χ4n) is 3.67. The first-order chi connectivity index (χ1) is 13.5. The summed E-state index contributed by atoms with van der Waals surface area (Å²) in [6, 6.07) is 7.35. The molecule has 0 bridgehead atoms. The lowest BCUT2D eigenvalue weighted by Gasteiger charge is -2.30. The lowest BCUT2D eigenvalue weighted by Crippen LogP contribution is -2.40. The molecule has 0 radical (unpaired) electrons. The molecular formula is C19H20N5O3S-. The van der Waals surface area contributed by atoms with Gasteiger partial charge in [0.15, 0.2) is 5.65 Å². The fraction of sp³-hybridized carbons (Fsp3) is 0.421. The Balaban J connectivity index is 1.59. The second-order valence-electron chi connectivity index (χ2n) is 7.12. The van der Waals surface area contributed by atoms with E-state index in [4.69, 9.17) is 0 Å². The Labute approximate surface area is 165 Å². The van der Waals surface area contributed by atoms with E-state index in [1.807, 2.05) is 29.2 Å². The normalized spacial score (nSPS) is 17.3. The highest BCUT2D eigenvalue weighted by atomic mass is 32.2. The van der Waals surface area contributed by atoms with Gasteiger partial charge in [-0.1, -0.05) is 36.9 Å². The molecule has 1 atom stereocenters. The maximum atomic E-state index is 12.5. The molecule has 0 unspecified atom stereocenters. The molecule has 8 nitrogen and oxygen atoms in total. The van der Waals surface area contributed by atoms with Crippen LogP contribution in [0.15, 0.2) is 29.4 Å². The van der Waals surface area contributed by atoms with Gasteiger partial charge in [-0.05, 0) is 24.8 Å². The number of amides is 1. The maximum Gasteiger partial charge on any atom is 0.233 e. The number of nitrogens with zero attached hydrogens (tertiary/aromatic N) is 5. The summed E-state index contributed by atoms with van der Waals surface area (Å²) in [5.41, 5.74) is 1.68. The highest BCUT2D eigenvalue weighted by Crippen LogP contribution is 2.27. The number of aromatic nitrogens is 4. The van der Waals surface area contributed by atoms with E-state index in [2.05, 4.69) is 22.1 Å². The number of carboxylic acids is 1. The van der Waals surface area contributed by atoms with Crippen LogP contribution in [0.4, 0.5) is 0 Å². The van der Waals surface area contributed by atoms with Crippen LogP contribution in [-0.4, -0.2) is 55.4 Å². The summed E-state index contributed by atoms with van der Waals surface area (Å²) in [7, 11) is 0. The van der Waals surface area contributed by atoms with E-state index in [1.54, 1.807) is 4.57 Å². The van der Waals surface area contributed by atoms with E-state index in [0.29, 0.717) is 27.8 Å². The van der Waals surface area contributed by atoms with Gasteiger partial charge in [0.2, 0.25) is 11.1 Å². The zero-order chi connectivity index (χ0) is 19.7. The number of carbonyl (C=O) groups excluding carboxylic acids is 2. The lowest BCUT2D eigenvalue weighted by atomic mass is 10.0. The standard InChI is InChI=1S/C19H21N5O3S/c1-12-5-4-8-23(9-12)15(25)11-28-19-20-18-17(21-22-19)13-6-2-3-7-14(13)24(18)10-16(26)27/h2-3,6-7,12H,4-5,8-11H2,1H3,(H,26,27)/p-1/t12-/m0/s1. The van der Waals surface area contributed by atoms with Crippen molar-refractivity contribution in [2.45, 2.75) is 31.5 Å². The largest absolute Gasteiger partial charge is 0.548 e. The SMILES string of the molecule is C[C@H]1CCCN(C(=O)CSc2nnc3c4ccccc4n(CC(=O)[O-])c3n2)C1. The summed E-state index contributed by atoms with van der Waals surface area (Å²) in [6.45, 7) is 3.42. The topological polar surface area (TPSA) is 104 Å². The number of rotatable bonds is 5. The summed E-state index contributed by atoms with van der Waals surface area (Å²) in [6.07, 6.45) is 2.19. The number of thioether (sulfide) groups is 1. The molecular weight excluding hydrogens is 378 g/mol. The predicted octanol–water partition coefficient (Wildman–Crippen LogP) is 1.08. The average Bonchev–Trinajstić information content (AvgIpc) is 2.99. The molecule has 1 aliphatic heterocycles. The highest BCUT2D eigenvalue weighted by molar-refractivity contribution is 7.99. The van der Waals surface area contributed by atoms with Crippen molar-refractivity contribution in [1.29, 1.82) is 0 Å². The van der Waals surface area contributed by atoms with Gasteiger partial charge in [-0.25, -0.2) is 4.98 Å². The fourth-order valence-corrected chi connectivity index (χ4v) is 4.36. The summed E-state index contributed by atoms with van der Waals surface area (Å²) >= 11 is 1.22. The van der Waals surface area contributed by atoms with Crippen LogP contribution >= 0.6 is 11.8 Å². The molecule has 3 aromatic rings. The third kappa shape index (κ3) is 3.66. The number of aliphatic carboxylic acids is 1. The molecule has 4 rings (SSSR count). The molecule has 1 aliphatic rings. The number of benzene rings is 1. The van der Waals surface area contributed by atoms with Crippen LogP contribution < -0.4 is 5.11 Å². The quantitative estimate of drug-likeness (QED) is 0.592. The van der Waals surface area contributed by atoms with Crippen molar-refractivity contribution in [2.75, 3.05) is 18.8 Å². The van der Waals surface area contributed by atoms with Crippen molar-refractivity contribution < 1.29 is 14.7 Å². The third-order valence-electron chi connectivity index (χ3n) is 4.98. The van der Waals surface area contributed by atoms with Crippen LogP contribution in [0, 0.1) is 5.92 Å². The maximum absolute atomic E-state index is 12.5. The van der Waals surface area contributed by atoms with Crippen LogP contribution in [0.5, 0.6) is 0 Å². The number of likely N-dealkylation sites (tertiary alicyclic amines) is 1. The Bertz CT molecular complexity index is 1050. The number of para-hydroxylation sites is 1. The van der Waals surface area contributed by atoms with Crippen LogP contribution in [0.1, 0.15) is 19.8 Å². The Morgan fingerprint density at radius 3 is 2.89 bits per heavy atom. The van der Waals surface area contributed by atoms with Crippen LogP contribution in [0.2, 0.25) is 0 Å². The Morgan fingerprint density at radius 1 is 1.29 bits per heavy atom. The van der Waals surface area contributed by atoms with E-state index >= 15 is 0 Å². The first kappa shape index (κ1) is 18.7. The molecule has 146 valence electrons. The van der Waals surface area contributed by atoms with E-state index in [9.17, 15) is 14.7 Å². The molecule has 1 fully saturated rings. The molecule has 1 aromatic carbocycles. The molecule has 0 N–H and O–H groups in total. The minimum Gasteiger partial charge on any atom is -0.548 e. The Morgan fingerprint density at radius 2 is 2.11 bits per heavy atom. The minimum atomic E-state index is -1.20. The number of carbonyl (C=O) groups is 2. The van der Waals surface area contributed by atoms with Gasteiger partial charge in [-0.2, -0.15) is 0 Å². The van der Waals surface area contributed by atoms with E-state index < -0.39 is 5.97 Å². The number of hydrogen-bond acceptors (Lipinski definition) is 7. The minimum absolute atomic E-state index is 0.0653. The van der Waals surface area contributed by atoms with Gasteiger partial charge in [0.05, 0.1) is 23.8 Å². The number of piperidine rings is 1. The number of carboxylic acid groups (broad SMARTS) is 1. The Hall–Kier alpha value is -2.68. The molecule has 28 heavy (non-hydrogen) atoms. The van der Waals surface area contributed by atoms with E-state index in [1.165, 1.54) is 11.8 Å². The average molecular weight is 398 g/mol. The zero-order valence-electron chi connectivity index (χ0n) is 15.5. The third-order valence-corrected chi connectivity index (χ3v) is 5.80. The van der Waals surface area contributed by atoms with Gasteiger partial charge in [-0.15, -0.1) is 10.2 Å². The molecule has 1 amide bonds. The summed E-state index contributed by atoms with van der Waals surface area (Å²) < 4.78 is 1.56. The van der Waals surface area contributed by atoms with Crippen molar-refractivity contribution >= 4 is 45.7 Å². The van der Waals surface area contributed by atoms with E-state index in [-0.39, 0.29) is 18.2 Å². The van der Waals surface area contributed by atoms with Crippen molar-refractivity contribution in [3.05, 3.63) is 24.3 Å². The molecule has 0 saturated carbocycles. The van der Waals surface area contributed by atoms with Crippen molar-refractivity contribution in [3.63, 3.8) is 0 Å². The van der Waals surface area contributed by atoms with Crippen LogP contribution in [-0.2, 0) is 16.1 Å². The van der Waals surface area contributed by atoms with Crippen molar-refractivity contribution in [3.8, 4) is 0 Å². The van der Waals surface area contributed by atoms with Gasteiger partial charge in [0, 0.05) is 18.5 Å². The summed E-state index contributed by atoms with van der Waals surface area (Å²) in [5.74, 6) is -0.377. The van der Waals surface area contributed by atoms with Gasteiger partial charge in [-0.3, -0.25) is 4.79 Å². The van der Waals surface area contributed by atoms with Gasteiger partial charge in [0.25, 0.3) is 0 Å². The van der Waals surface area contributed by atoms with Gasteiger partial charge >= 0.3 is 0 Å². The van der Waals surface area contributed by atoms with Crippen LogP contribution in [0.3, 0.4) is 0 Å². The molecule has 3 heterocycles. The molecule has 0 spiro atoms. The lowest BCUT2D eigenvalue weighted by molar-refractivity contribution is -0.306. The molecule has 9 heteroatoms. The number of fused-ring (bicyclic) bond motifs is 3. The monoisotopic (exact) mass is 398 g/mol. The van der Waals surface area contributed by atoms with Crippen molar-refractivity contribution in [2.24, 2.45) is 5.92 Å². The second-order valence-corrected chi connectivity index (χ2v) is 8.06. The van der Waals surface area contributed by atoms with Gasteiger partial charge in [0.1, 0.15) is 5.52 Å². The van der Waals surface area contributed by atoms with Gasteiger partial charge < -0.3 is 19.4 Å². The first-order valence-corrected chi connectivity index (χ1v) is 10.2. The smallest absolute Gasteiger partial charge is 0.233 e. The summed E-state index contributed by atoms with van der Waals surface area (Å²) in [4.78, 5) is 30.1. The molecule has 1 saturated heterocycles. The van der Waals surface area contributed by atoms with E-state index in [0.717, 1.165) is 31.3 Å². The number of hydrogen-bond donors (Lipinski definition) is 0. The molecule has 0 aliphatic carbocycles. The zero-order valence-corrected chi connectivity index (χ0v) is 16.3. The summed E-state index contributed by atoms with van der Waals surface area (Å²) in [5, 5.41) is 20.7. The molecule has 2 aromatic heterocycles.